The molecule has 0 aromatic carbocycles. The average molecular weight is 309 g/mol. The van der Waals surface area contributed by atoms with Gasteiger partial charge in [0.05, 0.1) is 0 Å². The molecule has 1 N–H and O–H groups in total. The lowest BCUT2D eigenvalue weighted by atomic mass is 10.1. The van der Waals surface area contributed by atoms with Crippen LogP contribution in [-0.4, -0.2) is 31.9 Å². The minimum atomic E-state index is -0.260. The molecule has 2 aromatic heterocycles. The third kappa shape index (κ3) is 3.94. The van der Waals surface area contributed by atoms with Crippen LogP contribution in [0.1, 0.15) is 32.3 Å². The van der Waals surface area contributed by atoms with Gasteiger partial charge in [-0.1, -0.05) is 0 Å². The van der Waals surface area contributed by atoms with Crippen LogP contribution in [0.5, 0.6) is 0 Å². The highest BCUT2D eigenvalue weighted by atomic mass is 35.5. The molecular weight excluding hydrogens is 288 g/mol. The van der Waals surface area contributed by atoms with Crippen LogP contribution in [0.15, 0.2) is 12.1 Å². The summed E-state index contributed by atoms with van der Waals surface area (Å²) in [7, 11) is 0. The van der Waals surface area contributed by atoms with Crippen molar-refractivity contribution in [2.75, 3.05) is 5.88 Å². The van der Waals surface area contributed by atoms with E-state index in [0.717, 1.165) is 22.7 Å². The molecule has 0 saturated carbocycles. The zero-order valence-electron chi connectivity index (χ0n) is 12.9. The summed E-state index contributed by atoms with van der Waals surface area (Å²) in [6, 6.07) is 3.84. The molecule has 114 valence electrons. The monoisotopic (exact) mass is 308 g/mol. The van der Waals surface area contributed by atoms with Crippen molar-refractivity contribution in [3.05, 3.63) is 23.7 Å². The van der Waals surface area contributed by atoms with Gasteiger partial charge in [-0.25, -0.2) is 9.97 Å². The molecule has 0 aliphatic carbocycles. The highest BCUT2D eigenvalue weighted by molar-refractivity contribution is 6.17. The number of aryl methyl sites for hydroxylation is 2. The standard InChI is InChI=1S/C15H21ClN4O/c1-10-5-6-11-14(17-10)20(12(18-11)7-8-16)9-13(21)19-15(2,3)4/h5-6H,7-9H2,1-4H3,(H,19,21). The summed E-state index contributed by atoms with van der Waals surface area (Å²) >= 11 is 5.84. The number of rotatable bonds is 4. The Labute approximate surface area is 129 Å². The summed E-state index contributed by atoms with van der Waals surface area (Å²) in [5.41, 5.74) is 2.17. The second-order valence-corrected chi connectivity index (χ2v) is 6.52. The van der Waals surface area contributed by atoms with Gasteiger partial charge in [-0.15, -0.1) is 11.6 Å². The number of carbonyl (C=O) groups excluding carboxylic acids is 1. The molecule has 0 aliphatic rings. The molecule has 0 spiro atoms. The quantitative estimate of drug-likeness (QED) is 0.883. The number of hydrogen-bond donors (Lipinski definition) is 1. The largest absolute Gasteiger partial charge is 0.350 e. The summed E-state index contributed by atoms with van der Waals surface area (Å²) in [5, 5.41) is 2.96. The van der Waals surface area contributed by atoms with Crippen molar-refractivity contribution < 1.29 is 4.79 Å². The van der Waals surface area contributed by atoms with Crippen LogP contribution >= 0.6 is 11.6 Å². The molecule has 0 saturated heterocycles. The van der Waals surface area contributed by atoms with Crippen molar-refractivity contribution in [2.45, 2.75) is 46.2 Å². The van der Waals surface area contributed by atoms with E-state index in [1.165, 1.54) is 0 Å². The summed E-state index contributed by atoms with van der Waals surface area (Å²) in [6.07, 6.45) is 0.611. The Bertz CT molecular complexity index is 657. The number of fused-ring (bicyclic) bond motifs is 1. The molecule has 0 radical (unpaired) electrons. The van der Waals surface area contributed by atoms with E-state index in [0.29, 0.717) is 12.3 Å². The van der Waals surface area contributed by atoms with Crippen LogP contribution in [0, 0.1) is 6.92 Å². The molecule has 2 heterocycles. The van der Waals surface area contributed by atoms with Gasteiger partial charge in [0.2, 0.25) is 5.91 Å². The number of hydrogen-bond acceptors (Lipinski definition) is 3. The van der Waals surface area contributed by atoms with E-state index in [9.17, 15) is 4.79 Å². The van der Waals surface area contributed by atoms with E-state index in [1.54, 1.807) is 0 Å². The molecule has 0 unspecified atom stereocenters. The minimum absolute atomic E-state index is 0.0547. The molecular formula is C15H21ClN4O. The zero-order chi connectivity index (χ0) is 15.6. The molecule has 0 atom stereocenters. The fourth-order valence-electron chi connectivity index (χ4n) is 2.19. The normalized spacial score (nSPS) is 11.9. The molecule has 5 nitrogen and oxygen atoms in total. The van der Waals surface area contributed by atoms with E-state index in [2.05, 4.69) is 15.3 Å². The molecule has 0 aliphatic heterocycles. The highest BCUT2D eigenvalue weighted by Crippen LogP contribution is 2.16. The number of alkyl halides is 1. The number of halogens is 1. The van der Waals surface area contributed by atoms with Gasteiger partial charge in [-0.2, -0.15) is 0 Å². The topological polar surface area (TPSA) is 59.8 Å². The van der Waals surface area contributed by atoms with Gasteiger partial charge in [-0.05, 0) is 39.8 Å². The fourth-order valence-corrected chi connectivity index (χ4v) is 2.36. The first-order chi connectivity index (χ1) is 9.80. The van der Waals surface area contributed by atoms with Crippen molar-refractivity contribution in [3.8, 4) is 0 Å². The number of imidazole rings is 1. The Morgan fingerprint density at radius 3 is 2.67 bits per heavy atom. The Balaban J connectivity index is 2.37. The predicted octanol–water partition coefficient (Wildman–Crippen LogP) is 2.44. The van der Waals surface area contributed by atoms with Gasteiger partial charge in [0.1, 0.15) is 17.9 Å². The van der Waals surface area contributed by atoms with Gasteiger partial charge in [-0.3, -0.25) is 4.79 Å². The second kappa shape index (κ2) is 6.02. The summed E-state index contributed by atoms with van der Waals surface area (Å²) in [6.45, 7) is 8.00. The first-order valence-corrected chi connectivity index (χ1v) is 7.53. The van der Waals surface area contributed by atoms with Crippen molar-refractivity contribution in [3.63, 3.8) is 0 Å². The molecule has 2 aromatic rings. The zero-order valence-corrected chi connectivity index (χ0v) is 13.7. The lowest BCUT2D eigenvalue weighted by molar-refractivity contribution is -0.123. The molecule has 0 fully saturated rings. The van der Waals surface area contributed by atoms with E-state index in [1.807, 2.05) is 44.4 Å². The second-order valence-electron chi connectivity index (χ2n) is 6.15. The third-order valence-electron chi connectivity index (χ3n) is 2.94. The Morgan fingerprint density at radius 1 is 1.33 bits per heavy atom. The maximum absolute atomic E-state index is 12.2. The summed E-state index contributed by atoms with van der Waals surface area (Å²) in [5.74, 6) is 1.20. The molecule has 6 heteroatoms. The van der Waals surface area contributed by atoms with Gasteiger partial charge in [0.15, 0.2) is 5.65 Å². The lowest BCUT2D eigenvalue weighted by Crippen LogP contribution is -2.42. The van der Waals surface area contributed by atoms with E-state index < -0.39 is 0 Å². The Kier molecular flexibility index (Phi) is 4.52. The number of aromatic nitrogens is 3. The predicted molar refractivity (Wildman–Crippen MR) is 84.6 cm³/mol. The number of amides is 1. The fraction of sp³-hybridized carbons (Fsp3) is 0.533. The van der Waals surface area contributed by atoms with Crippen LogP contribution in [0.4, 0.5) is 0 Å². The van der Waals surface area contributed by atoms with Gasteiger partial charge < -0.3 is 9.88 Å². The van der Waals surface area contributed by atoms with E-state index >= 15 is 0 Å². The smallest absolute Gasteiger partial charge is 0.240 e. The SMILES string of the molecule is Cc1ccc2nc(CCCl)n(CC(=O)NC(C)(C)C)c2n1. The van der Waals surface area contributed by atoms with E-state index in [4.69, 9.17) is 11.6 Å². The van der Waals surface area contributed by atoms with Crippen molar-refractivity contribution in [1.29, 1.82) is 0 Å². The van der Waals surface area contributed by atoms with Crippen molar-refractivity contribution in [2.24, 2.45) is 0 Å². The first-order valence-electron chi connectivity index (χ1n) is 7.00. The molecule has 21 heavy (non-hydrogen) atoms. The van der Waals surface area contributed by atoms with Gasteiger partial charge in [0.25, 0.3) is 0 Å². The average Bonchev–Trinajstić information content (AvgIpc) is 2.66. The van der Waals surface area contributed by atoms with E-state index in [-0.39, 0.29) is 18.0 Å². The highest BCUT2D eigenvalue weighted by Gasteiger charge is 2.18. The number of carbonyl (C=O) groups is 1. The maximum atomic E-state index is 12.2. The maximum Gasteiger partial charge on any atom is 0.240 e. The van der Waals surface area contributed by atoms with Crippen LogP contribution < -0.4 is 5.32 Å². The van der Waals surface area contributed by atoms with Crippen molar-refractivity contribution >= 4 is 28.7 Å². The Morgan fingerprint density at radius 2 is 2.05 bits per heavy atom. The minimum Gasteiger partial charge on any atom is -0.350 e. The number of nitrogens with zero attached hydrogens (tertiary/aromatic N) is 3. The number of nitrogens with one attached hydrogen (secondary N) is 1. The molecule has 0 bridgehead atoms. The Hall–Kier alpha value is -1.62. The van der Waals surface area contributed by atoms with Crippen LogP contribution in [-0.2, 0) is 17.8 Å². The number of pyridine rings is 1. The molecule has 1 amide bonds. The third-order valence-corrected chi connectivity index (χ3v) is 3.13. The van der Waals surface area contributed by atoms with Gasteiger partial charge >= 0.3 is 0 Å². The first kappa shape index (κ1) is 15.8. The molecule has 2 rings (SSSR count). The van der Waals surface area contributed by atoms with Crippen LogP contribution in [0.25, 0.3) is 11.2 Å². The summed E-state index contributed by atoms with van der Waals surface area (Å²) in [4.78, 5) is 21.2. The van der Waals surface area contributed by atoms with Gasteiger partial charge in [0, 0.05) is 23.5 Å². The van der Waals surface area contributed by atoms with Crippen molar-refractivity contribution in [1.82, 2.24) is 19.9 Å². The van der Waals surface area contributed by atoms with Crippen LogP contribution in [0.2, 0.25) is 0 Å². The van der Waals surface area contributed by atoms with Crippen LogP contribution in [0.3, 0.4) is 0 Å². The summed E-state index contributed by atoms with van der Waals surface area (Å²) < 4.78 is 1.85. The lowest BCUT2D eigenvalue weighted by Gasteiger charge is -2.21.